The molecule has 1 aliphatic carbocycles. The number of thiazole rings is 1. The van der Waals surface area contributed by atoms with Crippen LogP contribution in [0, 0.1) is 0 Å². The molecule has 0 aromatic carbocycles. The summed E-state index contributed by atoms with van der Waals surface area (Å²) in [4.78, 5) is 19.7. The summed E-state index contributed by atoms with van der Waals surface area (Å²) >= 11 is 1.57. The summed E-state index contributed by atoms with van der Waals surface area (Å²) in [5.74, 6) is 0.276. The zero-order valence-corrected chi connectivity index (χ0v) is 12.2. The molecule has 0 radical (unpaired) electrons. The van der Waals surface area contributed by atoms with Gasteiger partial charge in [-0.25, -0.2) is 4.98 Å². The number of hydrogen-bond acceptors (Lipinski definition) is 5. The summed E-state index contributed by atoms with van der Waals surface area (Å²) in [7, 11) is 0. The predicted molar refractivity (Wildman–Crippen MR) is 76.2 cm³/mol. The van der Waals surface area contributed by atoms with Gasteiger partial charge in [0, 0.05) is 26.1 Å². The van der Waals surface area contributed by atoms with E-state index in [0.717, 1.165) is 61.1 Å². The number of hydrogen-bond donors (Lipinski definition) is 0. The van der Waals surface area contributed by atoms with Crippen molar-refractivity contribution in [3.8, 4) is 0 Å². The van der Waals surface area contributed by atoms with Gasteiger partial charge in [0.25, 0.3) is 0 Å². The SMILES string of the molecule is CCN(CC1CCCO1)c1nc2c(s1)C(=O)CCC2. The molecule has 1 saturated heterocycles. The number of nitrogens with zero attached hydrogens (tertiary/aromatic N) is 2. The van der Waals surface area contributed by atoms with Crippen LogP contribution in [0.1, 0.15) is 48.0 Å². The summed E-state index contributed by atoms with van der Waals surface area (Å²) in [6.45, 7) is 4.84. The van der Waals surface area contributed by atoms with Crippen LogP contribution in [0.3, 0.4) is 0 Å². The van der Waals surface area contributed by atoms with Crippen molar-refractivity contribution in [3.05, 3.63) is 10.6 Å². The van der Waals surface area contributed by atoms with E-state index in [1.165, 1.54) is 0 Å². The number of fused-ring (bicyclic) bond motifs is 1. The maximum atomic E-state index is 11.9. The van der Waals surface area contributed by atoms with Gasteiger partial charge < -0.3 is 9.64 Å². The van der Waals surface area contributed by atoms with E-state index in [2.05, 4.69) is 16.8 Å². The molecule has 1 aliphatic heterocycles. The monoisotopic (exact) mass is 280 g/mol. The van der Waals surface area contributed by atoms with E-state index in [1.807, 2.05) is 0 Å². The molecule has 104 valence electrons. The Balaban J connectivity index is 1.77. The van der Waals surface area contributed by atoms with Gasteiger partial charge in [-0.1, -0.05) is 11.3 Å². The molecule has 19 heavy (non-hydrogen) atoms. The Kier molecular flexibility index (Phi) is 3.84. The smallest absolute Gasteiger partial charge is 0.186 e. The van der Waals surface area contributed by atoms with Crippen molar-refractivity contribution in [2.45, 2.75) is 45.1 Å². The number of anilines is 1. The van der Waals surface area contributed by atoms with Crippen molar-refractivity contribution in [2.75, 3.05) is 24.6 Å². The first-order valence-corrected chi connectivity index (χ1v) is 7.99. The highest BCUT2D eigenvalue weighted by molar-refractivity contribution is 7.17. The number of carbonyl (C=O) groups excluding carboxylic acids is 1. The second-order valence-electron chi connectivity index (χ2n) is 5.22. The van der Waals surface area contributed by atoms with Crippen LogP contribution in [0.15, 0.2) is 0 Å². The molecule has 1 fully saturated rings. The van der Waals surface area contributed by atoms with Crippen molar-refractivity contribution in [1.82, 2.24) is 4.98 Å². The fraction of sp³-hybridized carbons (Fsp3) is 0.714. The largest absolute Gasteiger partial charge is 0.376 e. The first kappa shape index (κ1) is 13.1. The summed E-state index contributed by atoms with van der Waals surface area (Å²) < 4.78 is 5.70. The first-order valence-electron chi connectivity index (χ1n) is 7.17. The number of ketones is 1. The quantitative estimate of drug-likeness (QED) is 0.850. The Hall–Kier alpha value is -0.940. The van der Waals surface area contributed by atoms with Crippen LogP contribution in [0.25, 0.3) is 0 Å². The van der Waals surface area contributed by atoms with Crippen molar-refractivity contribution >= 4 is 22.3 Å². The second kappa shape index (κ2) is 5.59. The Bertz CT molecular complexity index is 466. The molecule has 1 aromatic heterocycles. The maximum Gasteiger partial charge on any atom is 0.186 e. The molecule has 1 aromatic rings. The van der Waals surface area contributed by atoms with E-state index in [4.69, 9.17) is 4.74 Å². The number of likely N-dealkylation sites (N-methyl/N-ethyl adjacent to an activating group) is 1. The molecule has 1 unspecified atom stereocenters. The van der Waals surface area contributed by atoms with Crippen molar-refractivity contribution < 1.29 is 9.53 Å². The molecule has 0 saturated carbocycles. The lowest BCUT2D eigenvalue weighted by atomic mass is 10.0. The van der Waals surface area contributed by atoms with Crippen LogP contribution >= 0.6 is 11.3 Å². The van der Waals surface area contributed by atoms with Crippen molar-refractivity contribution in [2.24, 2.45) is 0 Å². The molecule has 2 heterocycles. The summed E-state index contributed by atoms with van der Waals surface area (Å²) in [6.07, 6.45) is 5.22. The summed E-state index contributed by atoms with van der Waals surface area (Å²) in [5, 5.41) is 0.998. The van der Waals surface area contributed by atoms with Gasteiger partial charge in [0.15, 0.2) is 10.9 Å². The van der Waals surface area contributed by atoms with Gasteiger partial charge in [-0.2, -0.15) is 0 Å². The van der Waals surface area contributed by atoms with Crippen LogP contribution in [0.5, 0.6) is 0 Å². The zero-order chi connectivity index (χ0) is 13.2. The lowest BCUT2D eigenvalue weighted by molar-refractivity contribution is 0.0976. The van der Waals surface area contributed by atoms with Crippen LogP contribution in [-0.2, 0) is 11.2 Å². The minimum absolute atomic E-state index is 0.276. The fourth-order valence-corrected chi connectivity index (χ4v) is 3.92. The third-order valence-electron chi connectivity index (χ3n) is 3.86. The number of ether oxygens (including phenoxy) is 1. The molecule has 5 heteroatoms. The van der Waals surface area contributed by atoms with Crippen molar-refractivity contribution in [1.29, 1.82) is 0 Å². The van der Waals surface area contributed by atoms with Crippen LogP contribution in [0.2, 0.25) is 0 Å². The Morgan fingerprint density at radius 3 is 3.00 bits per heavy atom. The molecule has 0 spiro atoms. The second-order valence-corrected chi connectivity index (χ2v) is 6.20. The number of aryl methyl sites for hydroxylation is 1. The van der Waals surface area contributed by atoms with E-state index in [9.17, 15) is 4.79 Å². The molecular weight excluding hydrogens is 260 g/mol. The minimum atomic E-state index is 0.276. The van der Waals surface area contributed by atoms with Gasteiger partial charge >= 0.3 is 0 Å². The highest BCUT2D eigenvalue weighted by atomic mass is 32.1. The lowest BCUT2D eigenvalue weighted by Crippen LogP contribution is -2.31. The minimum Gasteiger partial charge on any atom is -0.376 e. The number of aromatic nitrogens is 1. The first-order chi connectivity index (χ1) is 9.28. The van der Waals surface area contributed by atoms with Crippen LogP contribution in [0.4, 0.5) is 5.13 Å². The van der Waals surface area contributed by atoms with Crippen LogP contribution in [-0.4, -0.2) is 36.6 Å². The van der Waals surface area contributed by atoms with Gasteiger partial charge in [-0.05, 0) is 32.6 Å². The van der Waals surface area contributed by atoms with E-state index in [1.54, 1.807) is 11.3 Å². The Morgan fingerprint density at radius 2 is 2.32 bits per heavy atom. The topological polar surface area (TPSA) is 42.4 Å². The Labute approximate surface area is 117 Å². The number of carbonyl (C=O) groups is 1. The Morgan fingerprint density at radius 1 is 1.42 bits per heavy atom. The average Bonchev–Trinajstić information content (AvgIpc) is 3.05. The lowest BCUT2D eigenvalue weighted by Gasteiger charge is -2.23. The fourth-order valence-electron chi connectivity index (χ4n) is 2.77. The van der Waals surface area contributed by atoms with E-state index >= 15 is 0 Å². The van der Waals surface area contributed by atoms with Gasteiger partial charge in [0.1, 0.15) is 0 Å². The third-order valence-corrected chi connectivity index (χ3v) is 5.06. The van der Waals surface area contributed by atoms with Gasteiger partial charge in [-0.3, -0.25) is 4.79 Å². The maximum absolute atomic E-state index is 11.9. The number of rotatable bonds is 4. The predicted octanol–water partition coefficient (Wildman–Crippen LogP) is 2.67. The highest BCUT2D eigenvalue weighted by Gasteiger charge is 2.25. The molecular formula is C14H20N2O2S. The highest BCUT2D eigenvalue weighted by Crippen LogP contribution is 2.32. The van der Waals surface area contributed by atoms with Gasteiger partial charge in [0.2, 0.25) is 0 Å². The van der Waals surface area contributed by atoms with Gasteiger partial charge in [0.05, 0.1) is 16.7 Å². The zero-order valence-electron chi connectivity index (χ0n) is 11.4. The van der Waals surface area contributed by atoms with E-state index in [0.29, 0.717) is 12.5 Å². The van der Waals surface area contributed by atoms with E-state index < -0.39 is 0 Å². The molecule has 2 aliphatic rings. The van der Waals surface area contributed by atoms with Crippen LogP contribution < -0.4 is 4.90 Å². The summed E-state index contributed by atoms with van der Waals surface area (Å²) in [6, 6.07) is 0. The standard InChI is InChI=1S/C14H20N2O2S/c1-2-16(9-10-5-4-8-18-10)14-15-11-6-3-7-12(17)13(11)19-14/h10H,2-9H2,1H3. The van der Waals surface area contributed by atoms with Gasteiger partial charge in [-0.15, -0.1) is 0 Å². The average molecular weight is 280 g/mol. The summed E-state index contributed by atoms with van der Waals surface area (Å²) in [5.41, 5.74) is 1.02. The molecule has 4 nitrogen and oxygen atoms in total. The molecule has 0 bridgehead atoms. The molecule has 3 rings (SSSR count). The molecule has 0 amide bonds. The normalized spacial score (nSPS) is 22.6. The molecule has 0 N–H and O–H groups in total. The van der Waals surface area contributed by atoms with Crippen molar-refractivity contribution in [3.63, 3.8) is 0 Å². The third kappa shape index (κ3) is 2.67. The van der Waals surface area contributed by atoms with E-state index in [-0.39, 0.29) is 5.78 Å². The number of Topliss-reactive ketones (excluding diaryl/α,β-unsaturated/α-hetero) is 1. The molecule has 1 atom stereocenters.